The molecule has 4 heteroatoms. The number of nitrogens with zero attached hydrogens (tertiary/aromatic N) is 2. The number of pyridine rings is 1. The number of fused-ring (bicyclic) bond motifs is 1. The molecule has 0 amide bonds. The Kier molecular flexibility index (Phi) is 1.85. The summed E-state index contributed by atoms with van der Waals surface area (Å²) in [6.45, 7) is 2.01. The molecule has 2 rings (SSSR count). The Morgan fingerprint density at radius 2 is 2.33 bits per heavy atom. The van der Waals surface area contributed by atoms with Gasteiger partial charge in [0, 0.05) is 6.20 Å². The number of rotatable bonds is 0. The Balaban J connectivity index is 2.87. The molecule has 0 saturated heterocycles. The third kappa shape index (κ3) is 1.13. The van der Waals surface area contributed by atoms with Crippen molar-refractivity contribution in [2.45, 2.75) is 6.92 Å². The first kappa shape index (κ1) is 8.08. The standard InChI is InChI=1S/C8H6BrClN2/c1-5-3-11-12-4-6(9)7(10)2-8(5)12/h2-4H,1H3. The number of hydrogen-bond acceptors (Lipinski definition) is 1. The first-order valence-corrected chi connectivity index (χ1v) is 4.64. The molecule has 2 aromatic rings. The van der Waals surface area contributed by atoms with E-state index in [1.165, 1.54) is 0 Å². The molecule has 0 aromatic carbocycles. The van der Waals surface area contributed by atoms with Crippen molar-refractivity contribution in [2.75, 3.05) is 0 Å². The van der Waals surface area contributed by atoms with Gasteiger partial charge in [-0.3, -0.25) is 0 Å². The Hall–Kier alpha value is -0.540. The summed E-state index contributed by atoms with van der Waals surface area (Å²) in [5, 5.41) is 4.86. The molecule has 62 valence electrons. The van der Waals surface area contributed by atoms with Crippen molar-refractivity contribution in [1.29, 1.82) is 0 Å². The molecular formula is C8H6BrClN2. The third-order valence-electron chi connectivity index (χ3n) is 1.75. The van der Waals surface area contributed by atoms with Crippen molar-refractivity contribution in [2.24, 2.45) is 0 Å². The van der Waals surface area contributed by atoms with Gasteiger partial charge in [0.25, 0.3) is 0 Å². The average Bonchev–Trinajstić information content (AvgIpc) is 2.35. The maximum atomic E-state index is 5.93. The number of aryl methyl sites for hydroxylation is 1. The summed E-state index contributed by atoms with van der Waals surface area (Å²) in [7, 11) is 0. The molecule has 0 radical (unpaired) electrons. The summed E-state index contributed by atoms with van der Waals surface area (Å²) >= 11 is 9.26. The molecular weight excluding hydrogens is 239 g/mol. The molecule has 2 aromatic heterocycles. The van der Waals surface area contributed by atoms with E-state index < -0.39 is 0 Å². The minimum absolute atomic E-state index is 0.714. The molecule has 0 aliphatic rings. The van der Waals surface area contributed by atoms with Gasteiger partial charge in [0.05, 0.1) is 21.2 Å². The van der Waals surface area contributed by atoms with Crippen LogP contribution in [0.15, 0.2) is 22.9 Å². The van der Waals surface area contributed by atoms with Gasteiger partial charge in [0.2, 0.25) is 0 Å². The van der Waals surface area contributed by atoms with Crippen LogP contribution in [-0.4, -0.2) is 9.61 Å². The van der Waals surface area contributed by atoms with Crippen LogP contribution in [0.5, 0.6) is 0 Å². The predicted octanol–water partition coefficient (Wildman–Crippen LogP) is 3.06. The monoisotopic (exact) mass is 244 g/mol. The Labute approximate surface area is 83.3 Å². The zero-order chi connectivity index (χ0) is 8.72. The first-order valence-electron chi connectivity index (χ1n) is 3.47. The van der Waals surface area contributed by atoms with Gasteiger partial charge in [-0.2, -0.15) is 5.10 Å². The van der Waals surface area contributed by atoms with E-state index in [4.69, 9.17) is 11.6 Å². The Bertz CT molecular complexity index is 436. The molecule has 0 bridgehead atoms. The highest BCUT2D eigenvalue weighted by atomic mass is 79.9. The Morgan fingerprint density at radius 3 is 3.08 bits per heavy atom. The second-order valence-corrected chi connectivity index (χ2v) is 3.89. The molecule has 12 heavy (non-hydrogen) atoms. The van der Waals surface area contributed by atoms with Crippen molar-refractivity contribution < 1.29 is 0 Å². The largest absolute Gasteiger partial charge is 0.239 e. The maximum Gasteiger partial charge on any atom is 0.0706 e. The van der Waals surface area contributed by atoms with Crippen LogP contribution in [0, 0.1) is 6.92 Å². The molecule has 0 atom stereocenters. The second-order valence-electron chi connectivity index (χ2n) is 2.63. The predicted molar refractivity (Wildman–Crippen MR) is 52.6 cm³/mol. The third-order valence-corrected chi connectivity index (χ3v) is 2.93. The van der Waals surface area contributed by atoms with E-state index in [2.05, 4.69) is 21.0 Å². The minimum Gasteiger partial charge on any atom is -0.239 e. The molecule has 2 nitrogen and oxygen atoms in total. The maximum absolute atomic E-state index is 5.93. The van der Waals surface area contributed by atoms with E-state index in [1.54, 1.807) is 4.52 Å². The van der Waals surface area contributed by atoms with Crippen LogP contribution < -0.4 is 0 Å². The van der Waals surface area contributed by atoms with Crippen molar-refractivity contribution in [3.05, 3.63) is 33.5 Å². The molecule has 0 saturated carbocycles. The molecule has 0 spiro atoms. The highest BCUT2D eigenvalue weighted by Crippen LogP contribution is 2.24. The van der Waals surface area contributed by atoms with E-state index >= 15 is 0 Å². The topological polar surface area (TPSA) is 17.3 Å². The highest BCUT2D eigenvalue weighted by molar-refractivity contribution is 9.10. The second kappa shape index (κ2) is 2.75. The first-order chi connectivity index (χ1) is 5.68. The molecule has 0 N–H and O–H groups in total. The zero-order valence-corrected chi connectivity index (χ0v) is 8.72. The highest BCUT2D eigenvalue weighted by Gasteiger charge is 2.03. The fraction of sp³-hybridized carbons (Fsp3) is 0.125. The van der Waals surface area contributed by atoms with Crippen LogP contribution in [0.4, 0.5) is 0 Å². The lowest BCUT2D eigenvalue weighted by Gasteiger charge is -1.97. The van der Waals surface area contributed by atoms with Crippen LogP contribution in [0.2, 0.25) is 5.02 Å². The van der Waals surface area contributed by atoms with Gasteiger partial charge >= 0.3 is 0 Å². The lowest BCUT2D eigenvalue weighted by Crippen LogP contribution is -1.86. The quantitative estimate of drug-likeness (QED) is 0.697. The fourth-order valence-electron chi connectivity index (χ4n) is 1.10. The normalized spacial score (nSPS) is 10.9. The van der Waals surface area contributed by atoms with Gasteiger partial charge in [-0.05, 0) is 34.5 Å². The summed E-state index contributed by atoms with van der Waals surface area (Å²) in [5.74, 6) is 0. The number of hydrogen-bond donors (Lipinski definition) is 0. The van der Waals surface area contributed by atoms with Crippen LogP contribution >= 0.6 is 27.5 Å². The van der Waals surface area contributed by atoms with Crippen molar-refractivity contribution in [1.82, 2.24) is 9.61 Å². The minimum atomic E-state index is 0.714. The van der Waals surface area contributed by atoms with Gasteiger partial charge in [-0.25, -0.2) is 4.52 Å². The van der Waals surface area contributed by atoms with Gasteiger partial charge < -0.3 is 0 Å². The van der Waals surface area contributed by atoms with Crippen LogP contribution in [0.3, 0.4) is 0 Å². The van der Waals surface area contributed by atoms with Gasteiger partial charge in [-0.15, -0.1) is 0 Å². The molecule has 0 aliphatic carbocycles. The lowest BCUT2D eigenvalue weighted by atomic mass is 10.3. The summed E-state index contributed by atoms with van der Waals surface area (Å²) in [4.78, 5) is 0. The zero-order valence-electron chi connectivity index (χ0n) is 6.38. The van der Waals surface area contributed by atoms with Crippen molar-refractivity contribution >= 4 is 33.0 Å². The summed E-state index contributed by atoms with van der Waals surface area (Å²) in [6, 6.07) is 1.90. The average molecular weight is 246 g/mol. The van der Waals surface area contributed by atoms with E-state index in [-0.39, 0.29) is 0 Å². The van der Waals surface area contributed by atoms with Crippen molar-refractivity contribution in [3.63, 3.8) is 0 Å². The molecule has 0 fully saturated rings. The number of halogens is 2. The molecule has 2 heterocycles. The van der Waals surface area contributed by atoms with E-state index in [9.17, 15) is 0 Å². The van der Waals surface area contributed by atoms with Gasteiger partial charge in [0.15, 0.2) is 0 Å². The van der Waals surface area contributed by atoms with E-state index in [0.717, 1.165) is 15.6 Å². The number of aromatic nitrogens is 2. The van der Waals surface area contributed by atoms with Crippen LogP contribution in [0.25, 0.3) is 5.52 Å². The van der Waals surface area contributed by atoms with Gasteiger partial charge in [-0.1, -0.05) is 11.6 Å². The van der Waals surface area contributed by atoms with Gasteiger partial charge in [0.1, 0.15) is 0 Å². The van der Waals surface area contributed by atoms with Crippen LogP contribution in [-0.2, 0) is 0 Å². The lowest BCUT2D eigenvalue weighted by molar-refractivity contribution is 0.956. The summed E-state index contributed by atoms with van der Waals surface area (Å²) in [5.41, 5.74) is 2.17. The summed E-state index contributed by atoms with van der Waals surface area (Å²) in [6.07, 6.45) is 3.67. The molecule has 0 aliphatic heterocycles. The van der Waals surface area contributed by atoms with E-state index in [0.29, 0.717) is 5.02 Å². The Morgan fingerprint density at radius 1 is 1.58 bits per heavy atom. The molecule has 0 unspecified atom stereocenters. The smallest absolute Gasteiger partial charge is 0.0706 e. The fourth-order valence-corrected chi connectivity index (χ4v) is 1.56. The summed E-state index contributed by atoms with van der Waals surface area (Å²) < 4.78 is 2.66. The van der Waals surface area contributed by atoms with Crippen molar-refractivity contribution in [3.8, 4) is 0 Å². The SMILES string of the molecule is Cc1cnn2cc(Br)c(Cl)cc12. The van der Waals surface area contributed by atoms with E-state index in [1.807, 2.05) is 25.4 Å². The van der Waals surface area contributed by atoms with Crippen LogP contribution in [0.1, 0.15) is 5.56 Å².